The molecule has 1 aromatic rings. The van der Waals surface area contributed by atoms with Crippen LogP contribution in [0, 0.1) is 0 Å². The van der Waals surface area contributed by atoms with E-state index in [2.05, 4.69) is 15.5 Å². The Balaban J connectivity index is 2.34. The summed E-state index contributed by atoms with van der Waals surface area (Å²) in [4.78, 5) is 4.12. The van der Waals surface area contributed by atoms with E-state index in [1.54, 1.807) is 0 Å². The predicted octanol–water partition coefficient (Wildman–Crippen LogP) is 0.716. The quantitative estimate of drug-likeness (QED) is 0.707. The average Bonchev–Trinajstić information content (AvgIpc) is 2.59. The standard InChI is InChI=1S/C8H15N3O2/c1-3-9-5-7-10-8(13-11-7)6-12-4-2/h9H,3-6H2,1-2H3. The zero-order chi connectivity index (χ0) is 9.52. The first kappa shape index (κ1) is 10.1. The second-order valence-corrected chi connectivity index (χ2v) is 2.52. The van der Waals surface area contributed by atoms with Crippen LogP contribution in [-0.4, -0.2) is 23.3 Å². The van der Waals surface area contributed by atoms with Crippen LogP contribution in [-0.2, 0) is 17.9 Å². The lowest BCUT2D eigenvalue weighted by atomic mass is 10.5. The van der Waals surface area contributed by atoms with Gasteiger partial charge in [-0.15, -0.1) is 0 Å². The second-order valence-electron chi connectivity index (χ2n) is 2.52. The monoisotopic (exact) mass is 185 g/mol. The van der Waals surface area contributed by atoms with Gasteiger partial charge in [-0.25, -0.2) is 0 Å². The molecule has 5 heteroatoms. The predicted molar refractivity (Wildman–Crippen MR) is 47.0 cm³/mol. The third-order valence-corrected chi connectivity index (χ3v) is 1.47. The van der Waals surface area contributed by atoms with E-state index in [1.165, 1.54) is 0 Å². The molecule has 1 N–H and O–H groups in total. The van der Waals surface area contributed by atoms with Crippen molar-refractivity contribution in [2.75, 3.05) is 13.2 Å². The lowest BCUT2D eigenvalue weighted by molar-refractivity contribution is 0.109. The van der Waals surface area contributed by atoms with Crippen LogP contribution in [0.2, 0.25) is 0 Å². The van der Waals surface area contributed by atoms with E-state index < -0.39 is 0 Å². The van der Waals surface area contributed by atoms with E-state index >= 15 is 0 Å². The lowest BCUT2D eigenvalue weighted by Gasteiger charge is -1.93. The van der Waals surface area contributed by atoms with Crippen LogP contribution in [0.25, 0.3) is 0 Å². The molecule has 1 heterocycles. The van der Waals surface area contributed by atoms with E-state index in [1.807, 2.05) is 13.8 Å². The lowest BCUT2D eigenvalue weighted by Crippen LogP contribution is -2.12. The van der Waals surface area contributed by atoms with Crippen molar-refractivity contribution in [3.05, 3.63) is 11.7 Å². The van der Waals surface area contributed by atoms with Crippen molar-refractivity contribution < 1.29 is 9.26 Å². The fourth-order valence-electron chi connectivity index (χ4n) is 0.847. The van der Waals surface area contributed by atoms with Gasteiger partial charge in [0.1, 0.15) is 6.61 Å². The molecule has 0 amide bonds. The Kier molecular flexibility index (Phi) is 4.42. The number of nitrogens with one attached hydrogen (secondary N) is 1. The topological polar surface area (TPSA) is 60.2 Å². The summed E-state index contributed by atoms with van der Waals surface area (Å²) in [6.07, 6.45) is 0. The Labute approximate surface area is 77.5 Å². The van der Waals surface area contributed by atoms with Gasteiger partial charge in [-0.2, -0.15) is 4.98 Å². The van der Waals surface area contributed by atoms with Gasteiger partial charge < -0.3 is 14.6 Å². The Hall–Kier alpha value is -0.940. The summed E-state index contributed by atoms with van der Waals surface area (Å²) in [6.45, 7) is 6.55. The molecule has 0 atom stereocenters. The fraction of sp³-hybridized carbons (Fsp3) is 0.750. The third-order valence-electron chi connectivity index (χ3n) is 1.47. The van der Waals surface area contributed by atoms with E-state index in [9.17, 15) is 0 Å². The van der Waals surface area contributed by atoms with Crippen molar-refractivity contribution >= 4 is 0 Å². The van der Waals surface area contributed by atoms with Crippen LogP contribution >= 0.6 is 0 Å². The summed E-state index contributed by atoms with van der Waals surface area (Å²) in [5.74, 6) is 1.21. The minimum absolute atomic E-state index is 0.398. The maximum Gasteiger partial charge on any atom is 0.252 e. The highest BCUT2D eigenvalue weighted by Gasteiger charge is 2.04. The molecule has 0 saturated carbocycles. The zero-order valence-electron chi connectivity index (χ0n) is 8.04. The molecule has 74 valence electrons. The molecule has 1 rings (SSSR count). The minimum Gasteiger partial charge on any atom is -0.372 e. The number of hydrogen-bond donors (Lipinski definition) is 1. The molecule has 0 radical (unpaired) electrons. The molecule has 0 aliphatic heterocycles. The Morgan fingerprint density at radius 3 is 3.00 bits per heavy atom. The van der Waals surface area contributed by atoms with Crippen LogP contribution in [0.1, 0.15) is 25.6 Å². The SMILES string of the molecule is CCNCc1noc(COCC)n1. The molecule has 0 fully saturated rings. The Morgan fingerprint density at radius 1 is 1.46 bits per heavy atom. The highest BCUT2D eigenvalue weighted by atomic mass is 16.5. The van der Waals surface area contributed by atoms with Gasteiger partial charge in [-0.05, 0) is 13.5 Å². The molecular weight excluding hydrogens is 170 g/mol. The number of hydrogen-bond acceptors (Lipinski definition) is 5. The largest absolute Gasteiger partial charge is 0.372 e. The van der Waals surface area contributed by atoms with E-state index in [0.717, 1.165) is 6.54 Å². The highest BCUT2D eigenvalue weighted by Crippen LogP contribution is 1.98. The van der Waals surface area contributed by atoms with Crippen molar-refractivity contribution in [2.45, 2.75) is 27.0 Å². The molecule has 0 spiro atoms. The first-order valence-corrected chi connectivity index (χ1v) is 4.46. The molecule has 5 nitrogen and oxygen atoms in total. The molecule has 0 aromatic carbocycles. The molecule has 0 bridgehead atoms. The first-order chi connectivity index (χ1) is 6.36. The molecule has 0 aliphatic carbocycles. The summed E-state index contributed by atoms with van der Waals surface area (Å²) >= 11 is 0. The maximum atomic E-state index is 5.12. The average molecular weight is 185 g/mol. The number of ether oxygens (including phenoxy) is 1. The molecule has 1 aromatic heterocycles. The molecule has 13 heavy (non-hydrogen) atoms. The van der Waals surface area contributed by atoms with Gasteiger partial charge >= 0.3 is 0 Å². The van der Waals surface area contributed by atoms with Gasteiger partial charge in [-0.3, -0.25) is 0 Å². The van der Waals surface area contributed by atoms with Crippen LogP contribution in [0.4, 0.5) is 0 Å². The zero-order valence-corrected chi connectivity index (χ0v) is 8.04. The van der Waals surface area contributed by atoms with Crippen molar-refractivity contribution in [1.82, 2.24) is 15.5 Å². The summed E-state index contributed by atoms with van der Waals surface area (Å²) < 4.78 is 10.1. The molecule has 0 aliphatic rings. The number of nitrogens with zero attached hydrogens (tertiary/aromatic N) is 2. The van der Waals surface area contributed by atoms with Gasteiger partial charge in [-0.1, -0.05) is 12.1 Å². The maximum absolute atomic E-state index is 5.12. The summed E-state index contributed by atoms with van der Waals surface area (Å²) in [5.41, 5.74) is 0. The first-order valence-electron chi connectivity index (χ1n) is 4.46. The van der Waals surface area contributed by atoms with E-state index in [-0.39, 0.29) is 0 Å². The van der Waals surface area contributed by atoms with Crippen molar-refractivity contribution in [2.24, 2.45) is 0 Å². The van der Waals surface area contributed by atoms with Crippen LogP contribution in [0.3, 0.4) is 0 Å². The van der Waals surface area contributed by atoms with Gasteiger partial charge in [0.25, 0.3) is 5.89 Å². The third kappa shape index (κ3) is 3.52. The molecule has 0 unspecified atom stereocenters. The Morgan fingerprint density at radius 2 is 2.31 bits per heavy atom. The minimum atomic E-state index is 0.398. The fourth-order valence-corrected chi connectivity index (χ4v) is 0.847. The van der Waals surface area contributed by atoms with Crippen LogP contribution in [0.15, 0.2) is 4.52 Å². The summed E-state index contributed by atoms with van der Waals surface area (Å²) in [7, 11) is 0. The smallest absolute Gasteiger partial charge is 0.252 e. The molecule has 0 saturated heterocycles. The second kappa shape index (κ2) is 5.66. The van der Waals surface area contributed by atoms with Crippen molar-refractivity contribution in [1.29, 1.82) is 0 Å². The molecular formula is C8H15N3O2. The summed E-state index contributed by atoms with van der Waals surface area (Å²) in [5, 5.41) is 6.89. The highest BCUT2D eigenvalue weighted by molar-refractivity contribution is 4.84. The van der Waals surface area contributed by atoms with Gasteiger partial charge in [0.05, 0.1) is 6.54 Å². The van der Waals surface area contributed by atoms with Crippen LogP contribution in [0.5, 0.6) is 0 Å². The van der Waals surface area contributed by atoms with Gasteiger partial charge in [0, 0.05) is 6.61 Å². The van der Waals surface area contributed by atoms with Crippen LogP contribution < -0.4 is 5.32 Å². The Bertz CT molecular complexity index is 215. The van der Waals surface area contributed by atoms with E-state index in [0.29, 0.717) is 31.5 Å². The van der Waals surface area contributed by atoms with Gasteiger partial charge in [0.15, 0.2) is 5.82 Å². The van der Waals surface area contributed by atoms with Crippen molar-refractivity contribution in [3.63, 3.8) is 0 Å². The van der Waals surface area contributed by atoms with Crippen molar-refractivity contribution in [3.8, 4) is 0 Å². The number of rotatable bonds is 6. The van der Waals surface area contributed by atoms with Gasteiger partial charge in [0.2, 0.25) is 0 Å². The summed E-state index contributed by atoms with van der Waals surface area (Å²) in [6, 6.07) is 0. The van der Waals surface area contributed by atoms with E-state index in [4.69, 9.17) is 9.26 Å². The normalized spacial score (nSPS) is 10.6. The number of aromatic nitrogens is 2.